The van der Waals surface area contributed by atoms with Gasteiger partial charge in [0.05, 0.1) is 18.0 Å². The zero-order chi connectivity index (χ0) is 19.3. The van der Waals surface area contributed by atoms with Gasteiger partial charge in [-0.15, -0.1) is 0 Å². The van der Waals surface area contributed by atoms with Gasteiger partial charge in [0.15, 0.2) is 0 Å². The quantitative estimate of drug-likeness (QED) is 0.754. The largest absolute Gasteiger partial charge is 0.346 e. The molecule has 0 aliphatic rings. The molecule has 0 bridgehead atoms. The summed E-state index contributed by atoms with van der Waals surface area (Å²) < 4.78 is 25.4. The van der Waals surface area contributed by atoms with Crippen molar-refractivity contribution in [1.82, 2.24) is 9.79 Å². The highest BCUT2D eigenvalue weighted by Gasteiger charge is 2.22. The molecule has 0 heterocycles. The van der Waals surface area contributed by atoms with E-state index in [0.717, 1.165) is 16.5 Å². The number of hydrogen-bond acceptors (Lipinski definition) is 4. The fourth-order valence-corrected chi connectivity index (χ4v) is 3.47. The second kappa shape index (κ2) is 8.44. The molecule has 140 valence electrons. The lowest BCUT2D eigenvalue weighted by Gasteiger charge is -2.16. The molecule has 2 aromatic carbocycles. The number of nitrogens with zero attached hydrogens (tertiary/aromatic N) is 1. The first-order chi connectivity index (χ1) is 12.3. The van der Waals surface area contributed by atoms with Crippen molar-refractivity contribution in [3.63, 3.8) is 0 Å². The van der Waals surface area contributed by atoms with Crippen molar-refractivity contribution in [2.45, 2.75) is 31.2 Å². The van der Waals surface area contributed by atoms with Crippen LogP contribution in [0.15, 0.2) is 53.4 Å². The molecule has 1 atom stereocenters. The first-order valence-corrected chi connectivity index (χ1v) is 9.76. The number of hydroxylamine groups is 1. The Morgan fingerprint density at radius 2 is 1.85 bits per heavy atom. The van der Waals surface area contributed by atoms with Crippen molar-refractivity contribution >= 4 is 15.9 Å². The Kier molecular flexibility index (Phi) is 6.52. The van der Waals surface area contributed by atoms with Gasteiger partial charge in [-0.1, -0.05) is 41.7 Å². The van der Waals surface area contributed by atoms with Gasteiger partial charge < -0.3 is 5.32 Å². The van der Waals surface area contributed by atoms with E-state index in [1.165, 1.54) is 37.9 Å². The highest BCUT2D eigenvalue weighted by atomic mass is 32.2. The van der Waals surface area contributed by atoms with Gasteiger partial charge in [0.25, 0.3) is 15.9 Å². The number of carbonyl (C=O) groups excluding carboxylic acids is 1. The summed E-state index contributed by atoms with van der Waals surface area (Å²) in [5.41, 5.74) is 2.48. The van der Waals surface area contributed by atoms with Crippen LogP contribution in [-0.4, -0.2) is 33.0 Å². The first-order valence-electron chi connectivity index (χ1n) is 8.32. The Bertz CT molecular complexity index is 863. The van der Waals surface area contributed by atoms with Gasteiger partial charge >= 0.3 is 0 Å². The van der Waals surface area contributed by atoms with Gasteiger partial charge in [0.1, 0.15) is 0 Å². The zero-order valence-corrected chi connectivity index (χ0v) is 16.2. The second-order valence-electron chi connectivity index (χ2n) is 5.92. The van der Waals surface area contributed by atoms with Gasteiger partial charge in [0, 0.05) is 12.6 Å². The fourth-order valence-electron chi connectivity index (χ4n) is 2.45. The van der Waals surface area contributed by atoms with Gasteiger partial charge in [-0.25, -0.2) is 8.42 Å². The smallest absolute Gasteiger partial charge is 0.264 e. The minimum Gasteiger partial charge on any atom is -0.346 e. The predicted molar refractivity (Wildman–Crippen MR) is 100 cm³/mol. The van der Waals surface area contributed by atoms with Crippen LogP contribution in [0.2, 0.25) is 0 Å². The topological polar surface area (TPSA) is 75.7 Å². The van der Waals surface area contributed by atoms with Gasteiger partial charge in [0.2, 0.25) is 0 Å². The van der Waals surface area contributed by atoms with E-state index in [0.29, 0.717) is 0 Å². The Labute approximate surface area is 154 Å². The predicted octanol–water partition coefficient (Wildman–Crippen LogP) is 2.92. The van der Waals surface area contributed by atoms with E-state index in [9.17, 15) is 13.2 Å². The lowest BCUT2D eigenvalue weighted by atomic mass is 10.0. The molecule has 0 aliphatic carbocycles. The number of carbonyl (C=O) groups is 1. The molecule has 0 aliphatic heterocycles. The molecule has 0 saturated heterocycles. The SMILES string of the molecule is CCc1ccc(C(C)NC(=O)c2cccc(S(=O)(=O)N(C)OC)c2)cc1. The Hall–Kier alpha value is -2.22. The van der Waals surface area contributed by atoms with E-state index in [1.807, 2.05) is 31.2 Å². The number of aryl methyl sites for hydroxylation is 1. The maximum absolute atomic E-state index is 12.5. The number of amides is 1. The molecule has 26 heavy (non-hydrogen) atoms. The van der Waals surface area contributed by atoms with E-state index in [4.69, 9.17) is 4.84 Å². The molecule has 0 aromatic heterocycles. The average molecular weight is 376 g/mol. The minimum absolute atomic E-state index is 0.00514. The third kappa shape index (κ3) is 4.49. The van der Waals surface area contributed by atoms with E-state index in [1.54, 1.807) is 6.07 Å². The lowest BCUT2D eigenvalue weighted by Crippen LogP contribution is -2.28. The molecule has 0 fully saturated rings. The molecule has 6 nitrogen and oxygen atoms in total. The van der Waals surface area contributed by atoms with Crippen LogP contribution in [0.3, 0.4) is 0 Å². The third-order valence-electron chi connectivity index (χ3n) is 4.23. The van der Waals surface area contributed by atoms with Crippen LogP contribution in [-0.2, 0) is 21.3 Å². The maximum Gasteiger partial charge on any atom is 0.264 e. The van der Waals surface area contributed by atoms with Crippen LogP contribution >= 0.6 is 0 Å². The average Bonchev–Trinajstić information content (AvgIpc) is 2.67. The van der Waals surface area contributed by atoms with Crippen molar-refractivity contribution in [2.24, 2.45) is 0 Å². The number of benzene rings is 2. The molecule has 1 amide bonds. The minimum atomic E-state index is -3.80. The number of nitrogens with one attached hydrogen (secondary N) is 1. The zero-order valence-electron chi connectivity index (χ0n) is 15.4. The highest BCUT2D eigenvalue weighted by molar-refractivity contribution is 7.89. The van der Waals surface area contributed by atoms with E-state index in [-0.39, 0.29) is 22.4 Å². The Balaban J connectivity index is 2.18. The summed E-state index contributed by atoms with van der Waals surface area (Å²) in [6.07, 6.45) is 0.957. The Morgan fingerprint density at radius 1 is 1.19 bits per heavy atom. The number of rotatable bonds is 7. The summed E-state index contributed by atoms with van der Waals surface area (Å²) in [6, 6.07) is 13.7. The Morgan fingerprint density at radius 3 is 2.42 bits per heavy atom. The summed E-state index contributed by atoms with van der Waals surface area (Å²) in [5, 5.41) is 2.89. The molecule has 2 aromatic rings. The molecule has 0 radical (unpaired) electrons. The summed E-state index contributed by atoms with van der Waals surface area (Å²) in [7, 11) is -1.24. The molecular weight excluding hydrogens is 352 g/mol. The van der Waals surface area contributed by atoms with Crippen molar-refractivity contribution in [3.05, 3.63) is 65.2 Å². The van der Waals surface area contributed by atoms with Crippen LogP contribution in [0, 0.1) is 0 Å². The molecule has 7 heteroatoms. The monoisotopic (exact) mass is 376 g/mol. The lowest BCUT2D eigenvalue weighted by molar-refractivity contribution is -0.0258. The van der Waals surface area contributed by atoms with Gasteiger partial charge in [-0.05, 0) is 42.7 Å². The van der Waals surface area contributed by atoms with E-state index < -0.39 is 10.0 Å². The summed E-state index contributed by atoms with van der Waals surface area (Å²) >= 11 is 0. The van der Waals surface area contributed by atoms with Crippen molar-refractivity contribution in [3.8, 4) is 0 Å². The van der Waals surface area contributed by atoms with E-state index in [2.05, 4.69) is 12.2 Å². The summed E-state index contributed by atoms with van der Waals surface area (Å²) in [4.78, 5) is 17.3. The fraction of sp³-hybridized carbons (Fsp3) is 0.316. The molecule has 0 saturated carbocycles. The normalized spacial score (nSPS) is 12.8. The van der Waals surface area contributed by atoms with Crippen LogP contribution in [0.25, 0.3) is 0 Å². The highest BCUT2D eigenvalue weighted by Crippen LogP contribution is 2.18. The first kappa shape index (κ1) is 20.1. The third-order valence-corrected chi connectivity index (χ3v) is 5.90. The summed E-state index contributed by atoms with van der Waals surface area (Å²) in [5.74, 6) is -0.339. The van der Waals surface area contributed by atoms with Crippen molar-refractivity contribution in [1.29, 1.82) is 0 Å². The van der Waals surface area contributed by atoms with E-state index >= 15 is 0 Å². The van der Waals surface area contributed by atoms with Crippen LogP contribution in [0.1, 0.15) is 41.4 Å². The van der Waals surface area contributed by atoms with Crippen molar-refractivity contribution < 1.29 is 18.0 Å². The number of sulfonamides is 1. The van der Waals surface area contributed by atoms with Crippen LogP contribution < -0.4 is 5.32 Å². The molecule has 1 N–H and O–H groups in total. The molecule has 1 unspecified atom stereocenters. The molecule has 2 rings (SSSR count). The van der Waals surface area contributed by atoms with Crippen molar-refractivity contribution in [2.75, 3.05) is 14.2 Å². The molecule has 0 spiro atoms. The molecular formula is C19H24N2O4S. The standard InChI is InChI=1S/C19H24N2O4S/c1-5-15-9-11-16(12-10-15)14(2)20-19(22)17-7-6-8-18(13-17)26(23,24)21(3)25-4/h6-14H,5H2,1-4H3,(H,20,22). The van der Waals surface area contributed by atoms with Crippen LogP contribution in [0.5, 0.6) is 0 Å². The van der Waals surface area contributed by atoms with Gasteiger partial charge in [-0.3, -0.25) is 9.63 Å². The maximum atomic E-state index is 12.5. The van der Waals surface area contributed by atoms with Gasteiger partial charge in [-0.2, -0.15) is 0 Å². The van der Waals surface area contributed by atoms with Crippen LogP contribution in [0.4, 0.5) is 0 Å². The summed E-state index contributed by atoms with van der Waals surface area (Å²) in [6.45, 7) is 3.97. The second-order valence-corrected chi connectivity index (χ2v) is 7.85. The number of hydrogen-bond donors (Lipinski definition) is 1.